The highest BCUT2D eigenvalue weighted by Crippen LogP contribution is 2.23. The first-order valence-electron chi connectivity index (χ1n) is 6.12. The zero-order valence-electron chi connectivity index (χ0n) is 10.7. The van der Waals surface area contributed by atoms with Gasteiger partial charge in [0.15, 0.2) is 0 Å². The number of ether oxygens (including phenoxy) is 1. The first kappa shape index (κ1) is 14.1. The van der Waals surface area contributed by atoms with E-state index in [1.807, 2.05) is 0 Å². The molecule has 0 amide bonds. The lowest BCUT2D eigenvalue weighted by Crippen LogP contribution is -2.06. The molecule has 0 radical (unpaired) electrons. The molecule has 0 atom stereocenters. The summed E-state index contributed by atoms with van der Waals surface area (Å²) in [4.78, 5) is 22.2. The molecule has 1 aromatic carbocycles. The first-order valence-corrected chi connectivity index (χ1v) is 6.12. The minimum atomic E-state index is -1.01. The van der Waals surface area contributed by atoms with E-state index in [0.717, 1.165) is 0 Å². The largest absolute Gasteiger partial charge is 0.493 e. The molecular formula is C14H14O6. The Labute approximate surface area is 114 Å². The van der Waals surface area contributed by atoms with Gasteiger partial charge in [-0.1, -0.05) is 0 Å². The van der Waals surface area contributed by atoms with Crippen LogP contribution in [0, 0.1) is 0 Å². The monoisotopic (exact) mass is 278 g/mol. The first-order chi connectivity index (χ1) is 9.60. The Morgan fingerprint density at radius 3 is 2.80 bits per heavy atom. The third-order valence-electron chi connectivity index (χ3n) is 2.71. The molecule has 0 spiro atoms. The van der Waals surface area contributed by atoms with Gasteiger partial charge in [-0.15, -0.1) is 0 Å². The summed E-state index contributed by atoms with van der Waals surface area (Å²) >= 11 is 0. The molecule has 2 rings (SSSR count). The smallest absolute Gasteiger partial charge is 0.336 e. The second-order valence-electron chi connectivity index (χ2n) is 4.24. The van der Waals surface area contributed by atoms with E-state index >= 15 is 0 Å². The Morgan fingerprint density at radius 2 is 2.10 bits per heavy atom. The number of hydrogen-bond acceptors (Lipinski definition) is 5. The van der Waals surface area contributed by atoms with Gasteiger partial charge in [-0.2, -0.15) is 0 Å². The average Bonchev–Trinajstić information content (AvgIpc) is 2.37. The van der Waals surface area contributed by atoms with E-state index in [4.69, 9.17) is 19.4 Å². The molecule has 6 nitrogen and oxygen atoms in total. The number of hydrogen-bond donors (Lipinski definition) is 2. The van der Waals surface area contributed by atoms with Gasteiger partial charge in [0.25, 0.3) is 0 Å². The number of carboxylic acids is 1. The topological polar surface area (TPSA) is 97.0 Å². The molecule has 0 aliphatic rings. The maximum Gasteiger partial charge on any atom is 0.336 e. The van der Waals surface area contributed by atoms with Gasteiger partial charge in [-0.05, 0) is 17.7 Å². The number of carboxylic acid groups (broad SMARTS) is 1. The number of aliphatic hydroxyl groups excluding tert-OH is 1. The lowest BCUT2D eigenvalue weighted by molar-refractivity contribution is -0.136. The van der Waals surface area contributed by atoms with Gasteiger partial charge in [0.2, 0.25) is 0 Å². The number of benzene rings is 1. The van der Waals surface area contributed by atoms with Crippen molar-refractivity contribution >= 4 is 16.9 Å². The number of aliphatic hydroxyl groups is 1. The fourth-order valence-corrected chi connectivity index (χ4v) is 1.86. The maximum absolute atomic E-state index is 11.4. The van der Waals surface area contributed by atoms with Crippen LogP contribution in [0.2, 0.25) is 0 Å². The minimum absolute atomic E-state index is 0.0332. The summed E-state index contributed by atoms with van der Waals surface area (Å²) in [5, 5.41) is 18.1. The van der Waals surface area contributed by atoms with Crippen molar-refractivity contribution in [2.45, 2.75) is 12.8 Å². The standard InChI is InChI=1S/C14H14O6/c15-4-1-5-19-10-2-3-11-9(6-13(16)17)7-14(18)20-12(11)8-10/h2-3,7-8,15H,1,4-6H2,(H,16,17). The Bertz CT molecular complexity index is 673. The summed E-state index contributed by atoms with van der Waals surface area (Å²) in [5.74, 6) is -0.512. The van der Waals surface area contributed by atoms with Crippen LogP contribution in [0.1, 0.15) is 12.0 Å². The molecule has 0 saturated heterocycles. The molecule has 106 valence electrons. The van der Waals surface area contributed by atoms with Gasteiger partial charge in [-0.25, -0.2) is 4.79 Å². The predicted octanol–water partition coefficient (Wildman–Crippen LogP) is 1.18. The van der Waals surface area contributed by atoms with E-state index in [9.17, 15) is 9.59 Å². The minimum Gasteiger partial charge on any atom is -0.493 e. The molecule has 0 unspecified atom stereocenters. The van der Waals surface area contributed by atoms with Crippen molar-refractivity contribution in [3.05, 3.63) is 40.2 Å². The second kappa shape index (κ2) is 6.21. The van der Waals surface area contributed by atoms with E-state index in [1.54, 1.807) is 18.2 Å². The van der Waals surface area contributed by atoms with Crippen LogP contribution in [0.3, 0.4) is 0 Å². The van der Waals surface area contributed by atoms with E-state index in [0.29, 0.717) is 29.7 Å². The van der Waals surface area contributed by atoms with Crippen LogP contribution >= 0.6 is 0 Å². The Balaban J connectivity index is 2.37. The van der Waals surface area contributed by atoms with Crippen molar-refractivity contribution in [3.63, 3.8) is 0 Å². The van der Waals surface area contributed by atoms with Crippen LogP contribution < -0.4 is 10.4 Å². The molecule has 2 N–H and O–H groups in total. The van der Waals surface area contributed by atoms with E-state index in [1.165, 1.54) is 6.07 Å². The zero-order chi connectivity index (χ0) is 14.5. The van der Waals surface area contributed by atoms with Crippen molar-refractivity contribution in [1.29, 1.82) is 0 Å². The average molecular weight is 278 g/mol. The molecule has 20 heavy (non-hydrogen) atoms. The van der Waals surface area contributed by atoms with E-state index in [2.05, 4.69) is 0 Å². The number of fused-ring (bicyclic) bond motifs is 1. The third-order valence-corrected chi connectivity index (χ3v) is 2.71. The van der Waals surface area contributed by atoms with Gasteiger partial charge in [-0.3, -0.25) is 4.79 Å². The number of rotatable bonds is 6. The van der Waals surface area contributed by atoms with Gasteiger partial charge in [0, 0.05) is 30.5 Å². The number of aliphatic carboxylic acids is 1. The van der Waals surface area contributed by atoms with Crippen LogP contribution in [0.15, 0.2) is 33.5 Å². The molecule has 0 aliphatic carbocycles. The molecule has 6 heteroatoms. The number of carbonyl (C=O) groups is 1. The van der Waals surface area contributed by atoms with Gasteiger partial charge < -0.3 is 19.4 Å². The van der Waals surface area contributed by atoms with Crippen molar-refractivity contribution in [2.24, 2.45) is 0 Å². The summed E-state index contributed by atoms with van der Waals surface area (Å²) in [6.45, 7) is 0.381. The highest BCUT2D eigenvalue weighted by Gasteiger charge is 2.10. The summed E-state index contributed by atoms with van der Waals surface area (Å²) in [6.07, 6.45) is 0.258. The van der Waals surface area contributed by atoms with E-state index < -0.39 is 11.6 Å². The maximum atomic E-state index is 11.4. The Kier molecular flexibility index (Phi) is 4.37. The lowest BCUT2D eigenvalue weighted by atomic mass is 10.1. The zero-order valence-corrected chi connectivity index (χ0v) is 10.7. The van der Waals surface area contributed by atoms with Crippen molar-refractivity contribution in [3.8, 4) is 5.75 Å². The van der Waals surface area contributed by atoms with Crippen LogP contribution in [0.4, 0.5) is 0 Å². The van der Waals surface area contributed by atoms with Crippen LogP contribution in [0.5, 0.6) is 5.75 Å². The highest BCUT2D eigenvalue weighted by molar-refractivity contribution is 5.85. The fraction of sp³-hybridized carbons (Fsp3) is 0.286. The SMILES string of the molecule is O=C(O)Cc1cc(=O)oc2cc(OCCCO)ccc12. The summed E-state index contributed by atoms with van der Waals surface area (Å²) in [7, 11) is 0. The summed E-state index contributed by atoms with van der Waals surface area (Å²) in [6, 6.07) is 6.05. The molecule has 0 fully saturated rings. The van der Waals surface area contributed by atoms with Crippen molar-refractivity contribution < 1.29 is 24.2 Å². The lowest BCUT2D eigenvalue weighted by Gasteiger charge is -2.07. The van der Waals surface area contributed by atoms with Crippen molar-refractivity contribution in [2.75, 3.05) is 13.2 Å². The van der Waals surface area contributed by atoms with Crippen LogP contribution in [-0.2, 0) is 11.2 Å². The molecule has 2 aromatic rings. The molecule has 0 aliphatic heterocycles. The normalized spacial score (nSPS) is 10.7. The van der Waals surface area contributed by atoms with E-state index in [-0.39, 0.29) is 18.6 Å². The Hall–Kier alpha value is -2.34. The summed E-state index contributed by atoms with van der Waals surface area (Å²) < 4.78 is 10.4. The van der Waals surface area contributed by atoms with Gasteiger partial charge in [0.05, 0.1) is 13.0 Å². The second-order valence-corrected chi connectivity index (χ2v) is 4.24. The fourth-order valence-electron chi connectivity index (χ4n) is 1.86. The summed E-state index contributed by atoms with van der Waals surface area (Å²) in [5.41, 5.74) is 0.0992. The van der Waals surface area contributed by atoms with Gasteiger partial charge >= 0.3 is 11.6 Å². The molecule has 1 heterocycles. The van der Waals surface area contributed by atoms with Crippen LogP contribution in [-0.4, -0.2) is 29.4 Å². The highest BCUT2D eigenvalue weighted by atomic mass is 16.5. The molecular weight excluding hydrogens is 264 g/mol. The Morgan fingerprint density at radius 1 is 1.30 bits per heavy atom. The van der Waals surface area contributed by atoms with Gasteiger partial charge in [0.1, 0.15) is 11.3 Å². The predicted molar refractivity (Wildman–Crippen MR) is 71.0 cm³/mol. The van der Waals surface area contributed by atoms with Crippen molar-refractivity contribution in [1.82, 2.24) is 0 Å². The third kappa shape index (κ3) is 3.36. The molecule has 0 bridgehead atoms. The molecule has 0 saturated carbocycles. The molecule has 1 aromatic heterocycles. The quantitative estimate of drug-likeness (QED) is 0.608. The van der Waals surface area contributed by atoms with Crippen LogP contribution in [0.25, 0.3) is 11.0 Å².